The van der Waals surface area contributed by atoms with Crippen LogP contribution in [0.3, 0.4) is 0 Å². The zero-order valence-electron chi connectivity index (χ0n) is 9.40. The van der Waals surface area contributed by atoms with Gasteiger partial charge in [0.1, 0.15) is 11.8 Å². The summed E-state index contributed by atoms with van der Waals surface area (Å²) in [5, 5.41) is 8.81. The normalized spacial score (nSPS) is 9.50. The average molecular weight is 217 g/mol. The van der Waals surface area contributed by atoms with Crippen LogP contribution in [-0.4, -0.2) is 13.7 Å². The van der Waals surface area contributed by atoms with Crippen LogP contribution in [0.2, 0.25) is 0 Å². The molecule has 0 saturated heterocycles. The van der Waals surface area contributed by atoms with Gasteiger partial charge in [0.2, 0.25) is 0 Å². The van der Waals surface area contributed by atoms with Gasteiger partial charge in [-0.2, -0.15) is 5.26 Å². The Labute approximate surface area is 95.9 Å². The van der Waals surface area contributed by atoms with Crippen LogP contribution < -0.4 is 4.74 Å². The monoisotopic (exact) mass is 217 g/mol. The summed E-state index contributed by atoms with van der Waals surface area (Å²) in [5.74, 6) is 0.590. The molecule has 1 rings (SSSR count). The van der Waals surface area contributed by atoms with Gasteiger partial charge < -0.3 is 9.47 Å². The highest BCUT2D eigenvalue weighted by atomic mass is 16.5. The molecule has 1 aromatic carbocycles. The smallest absolute Gasteiger partial charge is 0.136 e. The van der Waals surface area contributed by atoms with Gasteiger partial charge in [-0.15, -0.1) is 6.58 Å². The van der Waals surface area contributed by atoms with Crippen LogP contribution in [0.15, 0.2) is 30.9 Å². The first-order valence-corrected chi connectivity index (χ1v) is 5.07. The van der Waals surface area contributed by atoms with Gasteiger partial charge in [0.15, 0.2) is 0 Å². The number of rotatable bonds is 6. The molecule has 16 heavy (non-hydrogen) atoms. The topological polar surface area (TPSA) is 42.2 Å². The minimum atomic E-state index is 0.524. The third kappa shape index (κ3) is 3.41. The van der Waals surface area contributed by atoms with Gasteiger partial charge >= 0.3 is 0 Å². The summed E-state index contributed by atoms with van der Waals surface area (Å²) in [5.41, 5.74) is 1.54. The lowest BCUT2D eigenvalue weighted by Crippen LogP contribution is -1.96. The van der Waals surface area contributed by atoms with Crippen molar-refractivity contribution in [2.24, 2.45) is 0 Å². The van der Waals surface area contributed by atoms with Crippen molar-refractivity contribution < 1.29 is 9.47 Å². The van der Waals surface area contributed by atoms with Crippen molar-refractivity contribution in [2.45, 2.75) is 13.0 Å². The number of methoxy groups -OCH3 is 1. The van der Waals surface area contributed by atoms with Gasteiger partial charge in [0, 0.05) is 0 Å². The Hall–Kier alpha value is -1.79. The maximum atomic E-state index is 8.81. The minimum Gasteiger partial charge on any atom is -0.495 e. The first-order chi connectivity index (χ1) is 7.81. The van der Waals surface area contributed by atoms with Crippen LogP contribution in [0, 0.1) is 11.3 Å². The van der Waals surface area contributed by atoms with Crippen molar-refractivity contribution in [2.75, 3.05) is 13.7 Å². The molecule has 0 unspecified atom stereocenters. The van der Waals surface area contributed by atoms with Crippen molar-refractivity contribution in [1.29, 1.82) is 5.26 Å². The van der Waals surface area contributed by atoms with Gasteiger partial charge in [0.05, 0.1) is 25.9 Å². The fraction of sp³-hybridized carbons (Fsp3) is 0.308. The molecule has 0 radical (unpaired) electrons. The number of nitriles is 1. The number of hydrogen-bond donors (Lipinski definition) is 0. The van der Waals surface area contributed by atoms with Crippen LogP contribution in [-0.2, 0) is 11.3 Å². The molecule has 3 nitrogen and oxygen atoms in total. The molecule has 0 aliphatic heterocycles. The van der Waals surface area contributed by atoms with Crippen LogP contribution in [0.25, 0.3) is 0 Å². The Bertz CT molecular complexity index is 393. The number of ether oxygens (including phenoxy) is 2. The number of hydrogen-bond acceptors (Lipinski definition) is 3. The van der Waals surface area contributed by atoms with Crippen LogP contribution in [0.4, 0.5) is 0 Å². The predicted molar refractivity (Wildman–Crippen MR) is 62.2 cm³/mol. The quantitative estimate of drug-likeness (QED) is 0.543. The maximum absolute atomic E-state index is 8.81. The molecule has 0 N–H and O–H groups in total. The van der Waals surface area contributed by atoms with Crippen molar-refractivity contribution in [1.82, 2.24) is 0 Å². The van der Waals surface area contributed by atoms with Gasteiger partial charge in [-0.1, -0.05) is 12.1 Å². The molecule has 0 spiro atoms. The van der Waals surface area contributed by atoms with Crippen molar-refractivity contribution >= 4 is 0 Å². The largest absolute Gasteiger partial charge is 0.495 e. The second-order valence-corrected chi connectivity index (χ2v) is 3.28. The first-order valence-electron chi connectivity index (χ1n) is 5.07. The van der Waals surface area contributed by atoms with E-state index in [1.807, 2.05) is 18.2 Å². The molecule has 3 heteroatoms. The van der Waals surface area contributed by atoms with E-state index in [2.05, 4.69) is 12.6 Å². The van der Waals surface area contributed by atoms with E-state index in [1.54, 1.807) is 13.2 Å². The molecule has 0 heterocycles. The second-order valence-electron chi connectivity index (χ2n) is 3.28. The van der Waals surface area contributed by atoms with Crippen molar-refractivity contribution in [3.63, 3.8) is 0 Å². The molecule has 1 aromatic rings. The lowest BCUT2D eigenvalue weighted by Gasteiger charge is -2.06. The van der Waals surface area contributed by atoms with Gasteiger partial charge in [-0.3, -0.25) is 0 Å². The van der Waals surface area contributed by atoms with E-state index in [9.17, 15) is 0 Å². The Morgan fingerprint density at radius 1 is 1.50 bits per heavy atom. The Morgan fingerprint density at radius 3 is 2.94 bits per heavy atom. The van der Waals surface area contributed by atoms with Crippen molar-refractivity contribution in [3.8, 4) is 11.8 Å². The molecule has 0 amide bonds. The molecule has 0 saturated carbocycles. The Morgan fingerprint density at radius 2 is 2.31 bits per heavy atom. The molecule has 0 fully saturated rings. The minimum absolute atomic E-state index is 0.524. The zero-order valence-corrected chi connectivity index (χ0v) is 9.40. The van der Waals surface area contributed by atoms with E-state index >= 15 is 0 Å². The molecule has 84 valence electrons. The van der Waals surface area contributed by atoms with E-state index in [4.69, 9.17) is 14.7 Å². The fourth-order valence-electron chi connectivity index (χ4n) is 1.27. The Balaban J connectivity index is 2.61. The summed E-state index contributed by atoms with van der Waals surface area (Å²) in [4.78, 5) is 0. The summed E-state index contributed by atoms with van der Waals surface area (Å²) in [7, 11) is 1.55. The molecule has 0 aromatic heterocycles. The van der Waals surface area contributed by atoms with E-state index in [0.29, 0.717) is 24.5 Å². The predicted octanol–water partition coefficient (Wildman–Crippen LogP) is 2.66. The van der Waals surface area contributed by atoms with Crippen LogP contribution >= 0.6 is 0 Å². The van der Waals surface area contributed by atoms with E-state index in [0.717, 1.165) is 12.0 Å². The van der Waals surface area contributed by atoms with Gasteiger partial charge in [0.25, 0.3) is 0 Å². The van der Waals surface area contributed by atoms with E-state index in [1.165, 1.54) is 0 Å². The van der Waals surface area contributed by atoms with Gasteiger partial charge in [-0.05, 0) is 24.1 Å². The highest BCUT2D eigenvalue weighted by molar-refractivity contribution is 5.45. The van der Waals surface area contributed by atoms with E-state index < -0.39 is 0 Å². The third-order valence-corrected chi connectivity index (χ3v) is 2.12. The van der Waals surface area contributed by atoms with Crippen LogP contribution in [0.5, 0.6) is 5.75 Å². The second kappa shape index (κ2) is 6.65. The average Bonchev–Trinajstić information content (AvgIpc) is 2.34. The standard InChI is InChI=1S/C13H15NO2/c1-3-4-7-16-10-11-5-6-12(9-14)13(8-11)15-2/h3,5-6,8H,1,4,7,10H2,2H3. The van der Waals surface area contributed by atoms with E-state index in [-0.39, 0.29) is 0 Å². The summed E-state index contributed by atoms with van der Waals surface area (Å²) >= 11 is 0. The highest BCUT2D eigenvalue weighted by Crippen LogP contribution is 2.19. The van der Waals surface area contributed by atoms with Crippen molar-refractivity contribution in [3.05, 3.63) is 42.0 Å². The number of nitrogens with zero attached hydrogens (tertiary/aromatic N) is 1. The maximum Gasteiger partial charge on any atom is 0.136 e. The summed E-state index contributed by atoms with van der Waals surface area (Å²) in [6.45, 7) is 4.80. The van der Waals surface area contributed by atoms with Gasteiger partial charge in [-0.25, -0.2) is 0 Å². The molecular weight excluding hydrogens is 202 g/mol. The molecule has 0 atom stereocenters. The third-order valence-electron chi connectivity index (χ3n) is 2.12. The molecule has 0 aliphatic carbocycles. The summed E-state index contributed by atoms with van der Waals surface area (Å²) in [6.07, 6.45) is 2.66. The first kappa shape index (κ1) is 12.3. The lowest BCUT2D eigenvalue weighted by molar-refractivity contribution is 0.125. The SMILES string of the molecule is C=CCCOCc1ccc(C#N)c(OC)c1. The highest BCUT2D eigenvalue weighted by Gasteiger charge is 2.03. The molecule has 0 bridgehead atoms. The molecular formula is C13H15NO2. The van der Waals surface area contributed by atoms with Crippen LogP contribution in [0.1, 0.15) is 17.5 Å². The zero-order chi connectivity index (χ0) is 11.8. The molecule has 0 aliphatic rings. The summed E-state index contributed by atoms with van der Waals surface area (Å²) < 4.78 is 10.5. The number of benzene rings is 1. The Kier molecular flexibility index (Phi) is 5.10. The lowest BCUT2D eigenvalue weighted by atomic mass is 10.1. The fourth-order valence-corrected chi connectivity index (χ4v) is 1.27. The summed E-state index contributed by atoms with van der Waals surface area (Å²) in [6, 6.07) is 7.51.